The first-order valence-electron chi connectivity index (χ1n) is 7.27. The smallest absolute Gasteiger partial charge is 0.182 e. The van der Waals surface area contributed by atoms with Crippen molar-refractivity contribution in [2.45, 2.75) is 19.8 Å². The van der Waals surface area contributed by atoms with Crippen molar-refractivity contribution in [2.75, 3.05) is 18.0 Å². The molecule has 0 spiro atoms. The summed E-state index contributed by atoms with van der Waals surface area (Å²) < 4.78 is 12.9. The Hall–Kier alpha value is -2.16. The molecule has 1 heterocycles. The molecule has 0 radical (unpaired) electrons. The molecule has 0 unspecified atom stereocenters. The zero-order valence-corrected chi connectivity index (χ0v) is 12.1. The molecule has 0 saturated carbocycles. The maximum atomic E-state index is 12.9. The molecule has 21 heavy (non-hydrogen) atoms. The van der Waals surface area contributed by atoms with Crippen LogP contribution in [0.15, 0.2) is 42.5 Å². The third kappa shape index (κ3) is 2.97. The second kappa shape index (κ2) is 5.68. The molecule has 108 valence electrons. The van der Waals surface area contributed by atoms with E-state index in [1.54, 1.807) is 12.1 Å². The Kier molecular flexibility index (Phi) is 3.74. The number of Topliss-reactive ketones (excluding diaryl/α,β-unsaturated/α-hetero) is 1. The van der Waals surface area contributed by atoms with Gasteiger partial charge in [-0.2, -0.15) is 0 Å². The zero-order chi connectivity index (χ0) is 14.8. The van der Waals surface area contributed by atoms with Gasteiger partial charge < -0.3 is 4.90 Å². The minimum absolute atomic E-state index is 0.0309. The van der Waals surface area contributed by atoms with Gasteiger partial charge in [0.15, 0.2) is 5.78 Å². The van der Waals surface area contributed by atoms with Crippen molar-refractivity contribution in [3.05, 3.63) is 65.0 Å². The molecular formula is C18H18FNO. The number of nitrogens with zero attached hydrogens (tertiary/aromatic N) is 1. The maximum absolute atomic E-state index is 12.9. The van der Waals surface area contributed by atoms with Crippen molar-refractivity contribution < 1.29 is 9.18 Å². The fourth-order valence-corrected chi connectivity index (χ4v) is 2.87. The monoisotopic (exact) mass is 283 g/mol. The van der Waals surface area contributed by atoms with Crippen molar-refractivity contribution in [3.8, 4) is 0 Å². The Morgan fingerprint density at radius 2 is 1.95 bits per heavy atom. The van der Waals surface area contributed by atoms with Crippen molar-refractivity contribution in [1.82, 2.24) is 0 Å². The van der Waals surface area contributed by atoms with Gasteiger partial charge >= 0.3 is 0 Å². The van der Waals surface area contributed by atoms with Crippen molar-refractivity contribution in [3.63, 3.8) is 0 Å². The number of hydrogen-bond donors (Lipinski definition) is 0. The summed E-state index contributed by atoms with van der Waals surface area (Å²) >= 11 is 0. The number of hydrogen-bond acceptors (Lipinski definition) is 2. The number of anilines is 1. The third-order valence-corrected chi connectivity index (χ3v) is 3.95. The Labute approximate surface area is 124 Å². The Bertz CT molecular complexity index is 663. The van der Waals surface area contributed by atoms with E-state index in [4.69, 9.17) is 0 Å². The fraction of sp³-hybridized carbons (Fsp3) is 0.278. The highest BCUT2D eigenvalue weighted by molar-refractivity contribution is 5.99. The van der Waals surface area contributed by atoms with E-state index in [1.165, 1.54) is 23.3 Å². The van der Waals surface area contributed by atoms with Crippen LogP contribution in [0.2, 0.25) is 0 Å². The van der Waals surface area contributed by atoms with E-state index < -0.39 is 0 Å². The number of halogens is 1. The number of fused-ring (bicyclic) bond motifs is 1. The molecule has 1 aliphatic rings. The van der Waals surface area contributed by atoms with Gasteiger partial charge in [0.05, 0.1) is 6.54 Å². The van der Waals surface area contributed by atoms with E-state index in [9.17, 15) is 9.18 Å². The first-order valence-corrected chi connectivity index (χ1v) is 7.27. The van der Waals surface area contributed by atoms with Crippen molar-refractivity contribution in [2.24, 2.45) is 0 Å². The molecule has 3 heteroatoms. The normalized spacial score (nSPS) is 13.9. The van der Waals surface area contributed by atoms with Crippen LogP contribution >= 0.6 is 0 Å². The summed E-state index contributed by atoms with van der Waals surface area (Å²) in [7, 11) is 0. The SMILES string of the molecule is Cc1ccc2c(c1)CCCN2CC(=O)c1ccc(F)cc1. The number of benzene rings is 2. The van der Waals surface area contributed by atoms with Gasteiger partial charge in [-0.1, -0.05) is 17.7 Å². The predicted octanol–water partition coefficient (Wildman–Crippen LogP) is 3.77. The third-order valence-electron chi connectivity index (χ3n) is 3.95. The Balaban J connectivity index is 1.80. The molecule has 0 fully saturated rings. The van der Waals surface area contributed by atoms with Gasteiger partial charge in [-0.05, 0) is 55.7 Å². The van der Waals surface area contributed by atoms with Crippen LogP contribution in [0.1, 0.15) is 27.9 Å². The van der Waals surface area contributed by atoms with Crippen LogP contribution < -0.4 is 4.90 Å². The summed E-state index contributed by atoms with van der Waals surface area (Å²) in [6, 6.07) is 12.2. The lowest BCUT2D eigenvalue weighted by Gasteiger charge is -2.31. The number of carbonyl (C=O) groups is 1. The number of ketones is 1. The largest absolute Gasteiger partial charge is 0.364 e. The summed E-state index contributed by atoms with van der Waals surface area (Å²) in [6.45, 7) is 3.33. The summed E-state index contributed by atoms with van der Waals surface area (Å²) in [5.41, 5.74) is 4.28. The second-order valence-electron chi connectivity index (χ2n) is 5.59. The van der Waals surface area contributed by atoms with Gasteiger partial charge in [0.2, 0.25) is 0 Å². The number of rotatable bonds is 3. The van der Waals surface area contributed by atoms with Gasteiger partial charge in [0.1, 0.15) is 5.82 Å². The van der Waals surface area contributed by atoms with E-state index in [1.807, 2.05) is 0 Å². The van der Waals surface area contributed by atoms with Gasteiger partial charge in [0, 0.05) is 17.8 Å². The molecule has 0 atom stereocenters. The molecule has 0 N–H and O–H groups in total. The lowest BCUT2D eigenvalue weighted by Crippen LogP contribution is -2.34. The summed E-state index contributed by atoms with van der Waals surface area (Å²) in [4.78, 5) is 14.5. The quantitative estimate of drug-likeness (QED) is 0.799. The second-order valence-corrected chi connectivity index (χ2v) is 5.59. The van der Waals surface area contributed by atoms with Crippen molar-refractivity contribution in [1.29, 1.82) is 0 Å². The van der Waals surface area contributed by atoms with Gasteiger partial charge in [0.25, 0.3) is 0 Å². The van der Waals surface area contributed by atoms with Crippen molar-refractivity contribution >= 4 is 11.5 Å². The lowest BCUT2D eigenvalue weighted by molar-refractivity contribution is 0.0998. The molecule has 0 saturated heterocycles. The van der Waals surface area contributed by atoms with Crippen LogP contribution in [-0.2, 0) is 6.42 Å². The van der Waals surface area contributed by atoms with E-state index in [0.29, 0.717) is 12.1 Å². The summed E-state index contributed by atoms with van der Waals surface area (Å²) in [5.74, 6) is -0.284. The topological polar surface area (TPSA) is 20.3 Å². The Morgan fingerprint density at radius 3 is 2.71 bits per heavy atom. The zero-order valence-electron chi connectivity index (χ0n) is 12.1. The molecule has 0 aromatic heterocycles. The van der Waals surface area contributed by atoms with Crippen LogP contribution in [0, 0.1) is 12.7 Å². The van der Waals surface area contributed by atoms with Crippen LogP contribution in [0.5, 0.6) is 0 Å². The summed E-state index contributed by atoms with van der Waals surface area (Å²) in [6.07, 6.45) is 2.13. The first kappa shape index (κ1) is 13.8. The average Bonchev–Trinajstić information content (AvgIpc) is 2.47. The molecule has 0 aliphatic carbocycles. The molecule has 0 amide bonds. The standard InChI is InChI=1S/C18H18FNO/c1-13-4-9-17-15(11-13)3-2-10-20(17)12-18(21)14-5-7-16(19)8-6-14/h4-9,11H,2-3,10,12H2,1H3. The van der Waals surface area contributed by atoms with Crippen LogP contribution in [-0.4, -0.2) is 18.9 Å². The van der Waals surface area contributed by atoms with E-state index in [2.05, 4.69) is 30.0 Å². The highest BCUT2D eigenvalue weighted by Gasteiger charge is 2.19. The van der Waals surface area contributed by atoms with Gasteiger partial charge in [-0.15, -0.1) is 0 Å². The van der Waals surface area contributed by atoms with Gasteiger partial charge in [-0.3, -0.25) is 4.79 Å². The molecule has 2 nitrogen and oxygen atoms in total. The minimum Gasteiger partial charge on any atom is -0.364 e. The molecule has 1 aliphatic heterocycles. The lowest BCUT2D eigenvalue weighted by atomic mass is 9.99. The Morgan fingerprint density at radius 1 is 1.19 bits per heavy atom. The molecule has 0 bridgehead atoms. The van der Waals surface area contributed by atoms with E-state index in [0.717, 1.165) is 25.1 Å². The van der Waals surface area contributed by atoms with Gasteiger partial charge in [-0.25, -0.2) is 4.39 Å². The summed E-state index contributed by atoms with van der Waals surface area (Å²) in [5, 5.41) is 0. The average molecular weight is 283 g/mol. The molecular weight excluding hydrogens is 265 g/mol. The minimum atomic E-state index is -0.314. The number of carbonyl (C=O) groups excluding carboxylic acids is 1. The highest BCUT2D eigenvalue weighted by atomic mass is 19.1. The van der Waals surface area contributed by atoms with E-state index in [-0.39, 0.29) is 11.6 Å². The van der Waals surface area contributed by atoms with E-state index >= 15 is 0 Å². The van der Waals surface area contributed by atoms with Crippen LogP contribution in [0.25, 0.3) is 0 Å². The maximum Gasteiger partial charge on any atom is 0.182 e. The predicted molar refractivity (Wildman–Crippen MR) is 82.4 cm³/mol. The molecule has 2 aromatic carbocycles. The van der Waals surface area contributed by atoms with Crippen LogP contribution in [0.4, 0.5) is 10.1 Å². The number of aryl methyl sites for hydroxylation is 2. The highest BCUT2D eigenvalue weighted by Crippen LogP contribution is 2.28. The van der Waals surface area contributed by atoms with Crippen LogP contribution in [0.3, 0.4) is 0 Å². The fourth-order valence-electron chi connectivity index (χ4n) is 2.87. The molecule has 2 aromatic rings. The first-order chi connectivity index (χ1) is 10.1. The molecule has 3 rings (SSSR count).